The summed E-state index contributed by atoms with van der Waals surface area (Å²) in [5.74, 6) is -0.870. The van der Waals surface area contributed by atoms with Crippen LogP contribution >= 0.6 is 23.2 Å². The molecule has 0 saturated carbocycles. The molecular weight excluding hydrogens is 436 g/mol. The van der Waals surface area contributed by atoms with E-state index in [1.807, 2.05) is 0 Å². The standard InChI is InChI=1S/C20H18Cl2FN3O4/c1-20(26-18(28)11-29-14-3-4-15(22)16(23)6-14)7-13(8-20)25-17(27)10-30-19-5-2-12(21)9-24-19/h2-7,9H,8,10-11H2,1H3,(H,25,27)(H,26,28). The summed E-state index contributed by atoms with van der Waals surface area (Å²) in [6.07, 6.45) is 3.58. The Kier molecular flexibility index (Phi) is 6.79. The summed E-state index contributed by atoms with van der Waals surface area (Å²) < 4.78 is 23.9. The molecule has 7 nitrogen and oxygen atoms in total. The number of nitrogens with one attached hydrogen (secondary N) is 2. The molecule has 0 radical (unpaired) electrons. The molecule has 1 unspecified atom stereocenters. The molecule has 1 aromatic heterocycles. The monoisotopic (exact) mass is 453 g/mol. The van der Waals surface area contributed by atoms with E-state index >= 15 is 0 Å². The van der Waals surface area contributed by atoms with Crippen LogP contribution in [0.3, 0.4) is 0 Å². The van der Waals surface area contributed by atoms with Crippen LogP contribution in [0.5, 0.6) is 11.6 Å². The van der Waals surface area contributed by atoms with Crippen LogP contribution in [0, 0.1) is 5.82 Å². The molecule has 3 rings (SSSR count). The second-order valence-electron chi connectivity index (χ2n) is 6.83. The molecule has 0 aliphatic heterocycles. The van der Waals surface area contributed by atoms with Crippen LogP contribution in [0.1, 0.15) is 13.3 Å². The fraction of sp³-hybridized carbons (Fsp3) is 0.250. The van der Waals surface area contributed by atoms with Crippen LogP contribution in [0.4, 0.5) is 4.39 Å². The van der Waals surface area contributed by atoms with Crippen LogP contribution in [0.15, 0.2) is 48.3 Å². The molecule has 0 saturated heterocycles. The van der Waals surface area contributed by atoms with E-state index < -0.39 is 11.4 Å². The minimum absolute atomic E-state index is 0.0247. The minimum Gasteiger partial charge on any atom is -0.484 e. The number of aromatic nitrogens is 1. The van der Waals surface area contributed by atoms with Gasteiger partial charge in [0.2, 0.25) is 5.88 Å². The van der Waals surface area contributed by atoms with E-state index in [0.717, 1.165) is 6.07 Å². The van der Waals surface area contributed by atoms with Crippen LogP contribution in [0.25, 0.3) is 0 Å². The summed E-state index contributed by atoms with van der Waals surface area (Å²) >= 11 is 11.3. The molecule has 2 N–H and O–H groups in total. The molecular formula is C20H18Cl2FN3O4. The first-order chi connectivity index (χ1) is 14.2. The Morgan fingerprint density at radius 1 is 1.17 bits per heavy atom. The van der Waals surface area contributed by atoms with E-state index in [-0.39, 0.29) is 41.7 Å². The van der Waals surface area contributed by atoms with E-state index in [0.29, 0.717) is 17.1 Å². The van der Waals surface area contributed by atoms with Crippen molar-refractivity contribution in [1.29, 1.82) is 0 Å². The van der Waals surface area contributed by atoms with E-state index in [1.54, 1.807) is 25.1 Å². The number of hydrogen-bond acceptors (Lipinski definition) is 5. The lowest BCUT2D eigenvalue weighted by atomic mass is 9.84. The molecule has 158 valence electrons. The van der Waals surface area contributed by atoms with Crippen molar-refractivity contribution < 1.29 is 23.5 Å². The molecule has 10 heteroatoms. The highest BCUT2D eigenvalue weighted by atomic mass is 35.5. The van der Waals surface area contributed by atoms with Gasteiger partial charge in [0, 0.05) is 30.4 Å². The number of carbonyl (C=O) groups is 2. The first-order valence-corrected chi connectivity index (χ1v) is 9.63. The van der Waals surface area contributed by atoms with Gasteiger partial charge < -0.3 is 20.1 Å². The topological polar surface area (TPSA) is 89.6 Å². The zero-order valence-electron chi connectivity index (χ0n) is 15.9. The number of carbonyl (C=O) groups excluding carboxylic acids is 2. The minimum atomic E-state index is -0.625. The van der Waals surface area contributed by atoms with E-state index in [4.69, 9.17) is 32.7 Å². The van der Waals surface area contributed by atoms with Gasteiger partial charge in [0.25, 0.3) is 11.8 Å². The summed E-state index contributed by atoms with van der Waals surface area (Å²) in [6, 6.07) is 7.10. The maximum absolute atomic E-state index is 13.4. The fourth-order valence-corrected chi connectivity index (χ4v) is 3.01. The predicted octanol–water partition coefficient (Wildman–Crippen LogP) is 3.26. The third-order valence-corrected chi connectivity index (χ3v) is 4.62. The lowest BCUT2D eigenvalue weighted by Crippen LogP contribution is -2.53. The van der Waals surface area contributed by atoms with E-state index in [9.17, 15) is 14.0 Å². The molecule has 0 spiro atoms. The molecule has 1 aliphatic carbocycles. The summed E-state index contributed by atoms with van der Waals surface area (Å²) in [6.45, 7) is 1.31. The zero-order valence-corrected chi connectivity index (χ0v) is 17.4. The predicted molar refractivity (Wildman–Crippen MR) is 109 cm³/mol. The number of nitrogens with zero attached hydrogens (tertiary/aromatic N) is 1. The van der Waals surface area contributed by atoms with Crippen molar-refractivity contribution >= 4 is 35.0 Å². The van der Waals surface area contributed by atoms with Crippen molar-refractivity contribution in [2.24, 2.45) is 0 Å². The number of pyridine rings is 1. The van der Waals surface area contributed by atoms with Gasteiger partial charge in [-0.15, -0.1) is 0 Å². The Hall–Kier alpha value is -2.84. The van der Waals surface area contributed by atoms with Crippen molar-refractivity contribution in [2.45, 2.75) is 18.9 Å². The normalized spacial score (nSPS) is 17.4. The second kappa shape index (κ2) is 9.32. The van der Waals surface area contributed by atoms with Gasteiger partial charge in [0.1, 0.15) is 11.6 Å². The second-order valence-corrected chi connectivity index (χ2v) is 7.67. The molecule has 30 heavy (non-hydrogen) atoms. The van der Waals surface area contributed by atoms with Crippen molar-refractivity contribution in [2.75, 3.05) is 13.2 Å². The van der Waals surface area contributed by atoms with Crippen LogP contribution < -0.4 is 20.1 Å². The molecule has 1 aliphatic rings. The smallest absolute Gasteiger partial charge is 0.262 e. The fourth-order valence-electron chi connectivity index (χ4n) is 2.78. The molecule has 2 aromatic rings. The van der Waals surface area contributed by atoms with Crippen LogP contribution in [0.2, 0.25) is 10.0 Å². The Balaban J connectivity index is 1.40. The van der Waals surface area contributed by atoms with Gasteiger partial charge in [-0.25, -0.2) is 9.37 Å². The highest BCUT2D eigenvalue weighted by Gasteiger charge is 2.34. The average molecular weight is 454 g/mol. The van der Waals surface area contributed by atoms with E-state index in [2.05, 4.69) is 15.6 Å². The SMILES string of the molecule is CC1(NC(=O)COc2ccc(Cl)c(F)c2)C=C(NC(=O)COc2ccc(Cl)cn2)C1. The highest BCUT2D eigenvalue weighted by Crippen LogP contribution is 2.28. The Morgan fingerprint density at radius 2 is 1.90 bits per heavy atom. The van der Waals surface area contributed by atoms with Crippen LogP contribution in [-0.2, 0) is 9.59 Å². The molecule has 0 fully saturated rings. The van der Waals surface area contributed by atoms with Crippen molar-refractivity contribution in [3.8, 4) is 11.6 Å². The molecule has 1 atom stereocenters. The number of hydrogen-bond donors (Lipinski definition) is 2. The van der Waals surface area contributed by atoms with Gasteiger partial charge in [-0.1, -0.05) is 23.2 Å². The van der Waals surface area contributed by atoms with Gasteiger partial charge in [-0.2, -0.15) is 0 Å². The number of rotatable bonds is 8. The number of ether oxygens (including phenoxy) is 2. The Bertz CT molecular complexity index is 985. The first-order valence-electron chi connectivity index (χ1n) is 8.87. The zero-order chi connectivity index (χ0) is 21.7. The molecule has 2 amide bonds. The maximum atomic E-state index is 13.4. The Morgan fingerprint density at radius 3 is 2.57 bits per heavy atom. The number of benzene rings is 1. The Labute approximate surface area is 182 Å². The lowest BCUT2D eigenvalue weighted by molar-refractivity contribution is -0.124. The van der Waals surface area contributed by atoms with E-state index in [1.165, 1.54) is 18.3 Å². The number of halogens is 3. The molecule has 0 bridgehead atoms. The van der Waals surface area contributed by atoms with Crippen molar-refractivity contribution in [1.82, 2.24) is 15.6 Å². The van der Waals surface area contributed by atoms with Gasteiger partial charge in [0.05, 0.1) is 15.6 Å². The van der Waals surface area contributed by atoms with Crippen LogP contribution in [-0.4, -0.2) is 35.6 Å². The van der Waals surface area contributed by atoms with Gasteiger partial charge in [0.15, 0.2) is 13.2 Å². The summed E-state index contributed by atoms with van der Waals surface area (Å²) in [5.41, 5.74) is 0.0449. The average Bonchev–Trinajstić information content (AvgIpc) is 2.67. The third-order valence-electron chi connectivity index (χ3n) is 4.09. The summed E-state index contributed by atoms with van der Waals surface area (Å²) in [5, 5.41) is 5.94. The van der Waals surface area contributed by atoms with Gasteiger partial charge >= 0.3 is 0 Å². The van der Waals surface area contributed by atoms with Gasteiger partial charge in [-0.05, 0) is 31.2 Å². The summed E-state index contributed by atoms with van der Waals surface area (Å²) in [4.78, 5) is 28.0. The maximum Gasteiger partial charge on any atom is 0.262 e. The van der Waals surface area contributed by atoms with Gasteiger partial charge in [-0.3, -0.25) is 9.59 Å². The van der Waals surface area contributed by atoms with Crippen molar-refractivity contribution in [3.05, 3.63) is 64.2 Å². The summed E-state index contributed by atoms with van der Waals surface area (Å²) in [7, 11) is 0. The highest BCUT2D eigenvalue weighted by molar-refractivity contribution is 6.30. The quantitative estimate of drug-likeness (QED) is 0.639. The largest absolute Gasteiger partial charge is 0.484 e. The van der Waals surface area contributed by atoms with Crippen molar-refractivity contribution in [3.63, 3.8) is 0 Å². The molecule has 1 heterocycles. The first kappa shape index (κ1) is 21.9. The third kappa shape index (κ3) is 6.08. The molecule has 1 aromatic carbocycles. The number of amides is 2. The lowest BCUT2D eigenvalue weighted by Gasteiger charge is -2.37.